The maximum Gasteiger partial charge on any atom is 0.0336 e. The molecule has 0 saturated heterocycles. The van der Waals surface area contributed by atoms with Gasteiger partial charge in [0.05, 0.1) is 0 Å². The largest absolute Gasteiger partial charge is 0.123 e. The molecule has 0 aliphatic heterocycles. The average molecular weight is 175 g/mol. The van der Waals surface area contributed by atoms with Crippen LogP contribution in [0, 0.1) is 5.92 Å². The predicted molar refractivity (Wildman–Crippen MR) is 51.1 cm³/mol. The lowest BCUT2D eigenvalue weighted by atomic mass is 9.89. The van der Waals surface area contributed by atoms with Crippen molar-refractivity contribution in [1.82, 2.24) is 0 Å². The van der Waals surface area contributed by atoms with Crippen molar-refractivity contribution >= 4 is 11.6 Å². The van der Waals surface area contributed by atoms with Crippen LogP contribution in [0.25, 0.3) is 0 Å². The second-order valence-electron chi connectivity index (χ2n) is 3.73. The molecule has 2 atom stereocenters. The number of hydrogen-bond acceptors (Lipinski definition) is 0. The average Bonchev–Trinajstić information content (AvgIpc) is 1.98. The smallest absolute Gasteiger partial charge is 0.0336 e. The third-order valence-corrected chi connectivity index (χ3v) is 3.28. The molecule has 1 saturated carbocycles. The van der Waals surface area contributed by atoms with Crippen LogP contribution in [0.2, 0.25) is 0 Å². The summed E-state index contributed by atoms with van der Waals surface area (Å²) < 4.78 is 0. The highest BCUT2D eigenvalue weighted by molar-refractivity contribution is 6.20. The number of alkyl halides is 1. The highest BCUT2D eigenvalue weighted by atomic mass is 35.5. The van der Waals surface area contributed by atoms with Gasteiger partial charge < -0.3 is 0 Å². The summed E-state index contributed by atoms with van der Waals surface area (Å²) in [6.45, 7) is 2.30. The molecule has 11 heavy (non-hydrogen) atoms. The van der Waals surface area contributed by atoms with Gasteiger partial charge in [-0.15, -0.1) is 11.6 Å². The molecule has 1 aliphatic rings. The van der Waals surface area contributed by atoms with Crippen LogP contribution in [0.5, 0.6) is 0 Å². The Morgan fingerprint density at radius 3 is 2.55 bits per heavy atom. The quantitative estimate of drug-likeness (QED) is 0.528. The summed E-state index contributed by atoms with van der Waals surface area (Å²) in [6.07, 6.45) is 9.42. The van der Waals surface area contributed by atoms with Crippen molar-refractivity contribution in [2.45, 2.75) is 57.2 Å². The molecule has 0 spiro atoms. The van der Waals surface area contributed by atoms with Crippen LogP contribution >= 0.6 is 11.6 Å². The van der Waals surface area contributed by atoms with Gasteiger partial charge in [0.1, 0.15) is 0 Å². The van der Waals surface area contributed by atoms with E-state index in [1.165, 1.54) is 44.9 Å². The minimum absolute atomic E-state index is 0.476. The molecule has 0 amide bonds. The first-order valence-corrected chi connectivity index (χ1v) is 5.40. The van der Waals surface area contributed by atoms with E-state index in [0.717, 1.165) is 5.92 Å². The maximum absolute atomic E-state index is 6.12. The third kappa shape index (κ3) is 3.46. The lowest BCUT2D eigenvalue weighted by molar-refractivity contribution is 0.372. The molecule has 1 fully saturated rings. The van der Waals surface area contributed by atoms with Crippen molar-refractivity contribution in [2.75, 3.05) is 0 Å². The molecule has 66 valence electrons. The normalized spacial score (nSPS) is 34.4. The van der Waals surface area contributed by atoms with Gasteiger partial charge in [0.15, 0.2) is 0 Å². The Bertz CT molecular complexity index is 101. The van der Waals surface area contributed by atoms with E-state index in [0.29, 0.717) is 5.38 Å². The van der Waals surface area contributed by atoms with Gasteiger partial charge in [-0.25, -0.2) is 0 Å². The van der Waals surface area contributed by atoms with E-state index in [4.69, 9.17) is 11.6 Å². The Morgan fingerprint density at radius 2 is 1.82 bits per heavy atom. The molecule has 0 nitrogen and oxygen atoms in total. The van der Waals surface area contributed by atoms with E-state index in [1.807, 2.05) is 0 Å². The monoisotopic (exact) mass is 174 g/mol. The first-order valence-electron chi connectivity index (χ1n) is 4.97. The molecule has 1 rings (SSSR count). The van der Waals surface area contributed by atoms with Crippen LogP contribution < -0.4 is 0 Å². The first-order chi connectivity index (χ1) is 5.33. The molecular formula is C10H19Cl. The maximum atomic E-state index is 6.12. The van der Waals surface area contributed by atoms with Gasteiger partial charge in [-0.05, 0) is 25.2 Å². The fourth-order valence-corrected chi connectivity index (χ4v) is 2.19. The van der Waals surface area contributed by atoms with Crippen molar-refractivity contribution in [1.29, 1.82) is 0 Å². The Hall–Kier alpha value is 0.290. The van der Waals surface area contributed by atoms with E-state index in [1.54, 1.807) is 0 Å². The SMILES string of the molecule is CCC1CCCCC(Cl)CC1. The van der Waals surface area contributed by atoms with E-state index in [2.05, 4.69) is 6.92 Å². The summed E-state index contributed by atoms with van der Waals surface area (Å²) in [5.74, 6) is 0.969. The number of rotatable bonds is 1. The van der Waals surface area contributed by atoms with E-state index < -0.39 is 0 Å². The fourth-order valence-electron chi connectivity index (χ4n) is 1.91. The molecule has 0 aromatic carbocycles. The summed E-state index contributed by atoms with van der Waals surface area (Å²) in [7, 11) is 0. The molecule has 0 N–H and O–H groups in total. The van der Waals surface area contributed by atoms with Crippen LogP contribution in [0.4, 0.5) is 0 Å². The van der Waals surface area contributed by atoms with Crippen molar-refractivity contribution in [3.63, 3.8) is 0 Å². The minimum Gasteiger partial charge on any atom is -0.123 e. The van der Waals surface area contributed by atoms with Crippen molar-refractivity contribution in [3.8, 4) is 0 Å². The first kappa shape index (κ1) is 9.38. The van der Waals surface area contributed by atoms with Crippen LogP contribution in [-0.2, 0) is 0 Å². The van der Waals surface area contributed by atoms with Gasteiger partial charge in [-0.1, -0.05) is 32.6 Å². The standard InChI is InChI=1S/C10H19Cl/c1-2-9-5-3-4-6-10(11)8-7-9/h9-10H,2-8H2,1H3. The summed E-state index contributed by atoms with van der Waals surface area (Å²) in [5, 5.41) is 0.476. The molecule has 1 aliphatic carbocycles. The van der Waals surface area contributed by atoms with Crippen LogP contribution in [0.1, 0.15) is 51.9 Å². The van der Waals surface area contributed by atoms with Gasteiger partial charge >= 0.3 is 0 Å². The van der Waals surface area contributed by atoms with Crippen molar-refractivity contribution in [3.05, 3.63) is 0 Å². The van der Waals surface area contributed by atoms with Gasteiger partial charge in [0.25, 0.3) is 0 Å². The second-order valence-corrected chi connectivity index (χ2v) is 4.35. The van der Waals surface area contributed by atoms with Gasteiger partial charge in [-0.2, -0.15) is 0 Å². The zero-order valence-electron chi connectivity index (χ0n) is 7.48. The molecular weight excluding hydrogens is 156 g/mol. The highest BCUT2D eigenvalue weighted by Crippen LogP contribution is 2.26. The number of halogens is 1. The third-order valence-electron chi connectivity index (χ3n) is 2.85. The zero-order chi connectivity index (χ0) is 8.10. The van der Waals surface area contributed by atoms with Crippen LogP contribution in [0.15, 0.2) is 0 Å². The lowest BCUT2D eigenvalue weighted by Gasteiger charge is -2.20. The molecule has 0 heterocycles. The molecule has 0 radical (unpaired) electrons. The topological polar surface area (TPSA) is 0 Å². The van der Waals surface area contributed by atoms with Gasteiger partial charge in [-0.3, -0.25) is 0 Å². The van der Waals surface area contributed by atoms with E-state index in [-0.39, 0.29) is 0 Å². The number of hydrogen-bond donors (Lipinski definition) is 0. The fraction of sp³-hybridized carbons (Fsp3) is 1.00. The van der Waals surface area contributed by atoms with E-state index >= 15 is 0 Å². The van der Waals surface area contributed by atoms with Crippen molar-refractivity contribution < 1.29 is 0 Å². The van der Waals surface area contributed by atoms with Gasteiger partial charge in [0.2, 0.25) is 0 Å². The zero-order valence-corrected chi connectivity index (χ0v) is 8.24. The molecule has 1 heteroatoms. The summed E-state index contributed by atoms with van der Waals surface area (Å²) in [5.41, 5.74) is 0. The summed E-state index contributed by atoms with van der Waals surface area (Å²) in [6, 6.07) is 0. The Morgan fingerprint density at radius 1 is 1.09 bits per heavy atom. The molecule has 0 aromatic heterocycles. The van der Waals surface area contributed by atoms with E-state index in [9.17, 15) is 0 Å². The minimum atomic E-state index is 0.476. The van der Waals surface area contributed by atoms with Crippen LogP contribution in [-0.4, -0.2) is 5.38 Å². The predicted octanol–water partition coefficient (Wildman–Crippen LogP) is 3.97. The highest BCUT2D eigenvalue weighted by Gasteiger charge is 2.13. The lowest BCUT2D eigenvalue weighted by Crippen LogP contribution is -2.08. The Labute approximate surface area is 75.3 Å². The molecule has 0 aromatic rings. The van der Waals surface area contributed by atoms with Crippen molar-refractivity contribution in [2.24, 2.45) is 5.92 Å². The Balaban J connectivity index is 2.25. The summed E-state index contributed by atoms with van der Waals surface area (Å²) in [4.78, 5) is 0. The molecule has 2 unspecified atom stereocenters. The molecule has 0 bridgehead atoms. The van der Waals surface area contributed by atoms with Crippen LogP contribution in [0.3, 0.4) is 0 Å². The summed E-state index contributed by atoms with van der Waals surface area (Å²) >= 11 is 6.12. The second kappa shape index (κ2) is 5.03. The van der Waals surface area contributed by atoms with Gasteiger partial charge in [0, 0.05) is 5.38 Å². The Kier molecular flexibility index (Phi) is 4.29.